The number of carboxylic acids is 1. The molecule has 0 bridgehead atoms. The Bertz CT molecular complexity index is 1370. The minimum atomic E-state index is -5.07. The zero-order chi connectivity index (χ0) is 30.0. The van der Waals surface area contributed by atoms with Crippen LogP contribution in [-0.4, -0.2) is 46.3 Å². The maximum atomic E-state index is 14.9. The van der Waals surface area contributed by atoms with Crippen molar-refractivity contribution in [2.45, 2.75) is 94.2 Å². The molecular formula is C31H33ClF5NO3. The van der Waals surface area contributed by atoms with Gasteiger partial charge in [0.1, 0.15) is 0 Å². The molecule has 1 heterocycles. The maximum absolute atomic E-state index is 14.9. The van der Waals surface area contributed by atoms with E-state index in [2.05, 4.69) is 0 Å². The van der Waals surface area contributed by atoms with Gasteiger partial charge in [0.15, 0.2) is 0 Å². The molecule has 2 aromatic carbocycles. The van der Waals surface area contributed by atoms with Crippen molar-refractivity contribution in [2.75, 3.05) is 6.54 Å². The number of alkyl halides is 5. The number of hydrogen-bond acceptors (Lipinski definition) is 2. The van der Waals surface area contributed by atoms with Gasteiger partial charge in [0.2, 0.25) is 17.2 Å². The molecule has 10 heteroatoms. The Hall–Kier alpha value is -2.68. The third-order valence-electron chi connectivity index (χ3n) is 9.77. The van der Waals surface area contributed by atoms with Gasteiger partial charge >= 0.3 is 12.1 Å². The lowest BCUT2D eigenvalue weighted by Crippen LogP contribution is -2.51. The fraction of sp³-hybridized carbons (Fsp3) is 0.548. The Balaban J connectivity index is 1.51. The van der Waals surface area contributed by atoms with E-state index in [4.69, 9.17) is 11.6 Å². The Morgan fingerprint density at radius 1 is 1.05 bits per heavy atom. The van der Waals surface area contributed by atoms with E-state index in [9.17, 15) is 36.6 Å². The first kappa shape index (κ1) is 29.8. The first-order valence-corrected chi connectivity index (χ1v) is 14.3. The summed E-state index contributed by atoms with van der Waals surface area (Å²) >= 11 is 6.43. The number of likely N-dealkylation sites (tertiary alicyclic amines) is 1. The standard InChI is InChI=1S/C31H33ClF5NO3/c1-18-3-4-19(15-24(18)32)17-29-13-14-38(26(39)20-9-11-30(34,12-10-20)27(40)41)25(29)8-5-21-16-22(6-7-23(21)29)28(2,33)31(35,36)37/h3-4,6-7,15-16,20,25H,5,8-14,17H2,1-2H3,(H,40,41). The molecule has 222 valence electrons. The van der Waals surface area contributed by atoms with Crippen molar-refractivity contribution in [3.8, 4) is 0 Å². The molecule has 0 radical (unpaired) electrons. The zero-order valence-electron chi connectivity index (χ0n) is 23.0. The van der Waals surface area contributed by atoms with E-state index in [0.29, 0.717) is 49.7 Å². The molecule has 2 aliphatic carbocycles. The van der Waals surface area contributed by atoms with Crippen molar-refractivity contribution in [1.82, 2.24) is 4.90 Å². The highest BCUT2D eigenvalue weighted by Gasteiger charge is 2.56. The first-order chi connectivity index (χ1) is 19.1. The minimum absolute atomic E-state index is 0.137. The first-order valence-electron chi connectivity index (χ1n) is 14.0. The molecule has 1 saturated heterocycles. The fourth-order valence-electron chi connectivity index (χ4n) is 7.17. The van der Waals surface area contributed by atoms with Crippen LogP contribution < -0.4 is 0 Å². The van der Waals surface area contributed by atoms with Crippen molar-refractivity contribution < 1.29 is 36.6 Å². The summed E-state index contributed by atoms with van der Waals surface area (Å²) in [7, 11) is 0. The van der Waals surface area contributed by atoms with E-state index in [0.717, 1.165) is 16.7 Å². The van der Waals surface area contributed by atoms with E-state index in [1.807, 2.05) is 30.0 Å². The van der Waals surface area contributed by atoms with Gasteiger partial charge in [0, 0.05) is 28.9 Å². The zero-order valence-corrected chi connectivity index (χ0v) is 23.7. The Morgan fingerprint density at radius 2 is 1.73 bits per heavy atom. The Morgan fingerprint density at radius 3 is 2.34 bits per heavy atom. The molecule has 5 rings (SSSR count). The van der Waals surface area contributed by atoms with Gasteiger partial charge in [0.25, 0.3) is 0 Å². The lowest BCUT2D eigenvalue weighted by atomic mass is 9.63. The van der Waals surface area contributed by atoms with Crippen molar-refractivity contribution >= 4 is 23.5 Å². The second-order valence-electron chi connectivity index (χ2n) is 12.2. The molecule has 1 saturated carbocycles. The van der Waals surface area contributed by atoms with E-state index in [-0.39, 0.29) is 37.6 Å². The molecule has 0 spiro atoms. The molecule has 0 aromatic heterocycles. The normalized spacial score (nSPS) is 29.4. The number of rotatable bonds is 5. The quantitative estimate of drug-likeness (QED) is 0.365. The van der Waals surface area contributed by atoms with Crippen molar-refractivity contribution in [2.24, 2.45) is 5.92 Å². The molecule has 1 amide bonds. The molecule has 41 heavy (non-hydrogen) atoms. The van der Waals surface area contributed by atoms with Crippen LogP contribution in [0.4, 0.5) is 22.0 Å². The monoisotopic (exact) mass is 597 g/mol. The number of halogens is 6. The molecule has 3 aliphatic rings. The van der Waals surface area contributed by atoms with Gasteiger partial charge in [-0.15, -0.1) is 0 Å². The fourth-order valence-corrected chi connectivity index (χ4v) is 7.37. The van der Waals surface area contributed by atoms with Gasteiger partial charge < -0.3 is 10.0 Å². The predicted molar refractivity (Wildman–Crippen MR) is 144 cm³/mol. The van der Waals surface area contributed by atoms with Crippen LogP contribution in [0.25, 0.3) is 0 Å². The van der Waals surface area contributed by atoms with Crippen molar-refractivity contribution in [3.05, 3.63) is 69.2 Å². The van der Waals surface area contributed by atoms with Crippen LogP contribution >= 0.6 is 11.6 Å². The van der Waals surface area contributed by atoms with Gasteiger partial charge in [-0.2, -0.15) is 13.2 Å². The summed E-state index contributed by atoms with van der Waals surface area (Å²) in [4.78, 5) is 27.0. The lowest BCUT2D eigenvalue weighted by Gasteiger charge is -2.45. The SMILES string of the molecule is Cc1ccc(CC23CCN(C(=O)C4CCC(F)(C(=O)O)CC4)C2CCc2cc(C(C)(F)C(F)(F)F)ccc23)cc1Cl. The Kier molecular flexibility index (Phi) is 7.45. The number of benzene rings is 2. The number of nitrogens with zero attached hydrogens (tertiary/aromatic N) is 1. The van der Waals surface area contributed by atoms with Crippen LogP contribution in [0, 0.1) is 12.8 Å². The largest absolute Gasteiger partial charge is 0.479 e. The van der Waals surface area contributed by atoms with E-state index in [1.165, 1.54) is 12.1 Å². The number of aryl methyl sites for hydroxylation is 2. The smallest absolute Gasteiger partial charge is 0.426 e. The third kappa shape index (κ3) is 5.02. The highest BCUT2D eigenvalue weighted by atomic mass is 35.5. The van der Waals surface area contributed by atoms with Crippen molar-refractivity contribution in [1.29, 1.82) is 0 Å². The average molecular weight is 598 g/mol. The lowest BCUT2D eigenvalue weighted by molar-refractivity contribution is -0.228. The summed E-state index contributed by atoms with van der Waals surface area (Å²) < 4.78 is 70.1. The highest BCUT2D eigenvalue weighted by Crippen LogP contribution is 2.52. The molecule has 1 N–H and O–H groups in total. The van der Waals surface area contributed by atoms with Crippen molar-refractivity contribution in [3.63, 3.8) is 0 Å². The van der Waals surface area contributed by atoms with Gasteiger partial charge in [0.05, 0.1) is 0 Å². The van der Waals surface area contributed by atoms with Crippen LogP contribution in [0.15, 0.2) is 36.4 Å². The number of amides is 1. The van der Waals surface area contributed by atoms with Gasteiger partial charge in [-0.3, -0.25) is 4.79 Å². The number of carbonyl (C=O) groups excluding carboxylic acids is 1. The topological polar surface area (TPSA) is 57.6 Å². The average Bonchev–Trinajstić information content (AvgIpc) is 3.29. The van der Waals surface area contributed by atoms with Crippen LogP contribution in [0.1, 0.15) is 73.3 Å². The van der Waals surface area contributed by atoms with Crippen LogP contribution in [0.5, 0.6) is 0 Å². The van der Waals surface area contributed by atoms with Crippen LogP contribution in [0.2, 0.25) is 5.02 Å². The minimum Gasteiger partial charge on any atom is -0.479 e. The predicted octanol–water partition coefficient (Wildman–Crippen LogP) is 7.41. The third-order valence-corrected chi connectivity index (χ3v) is 10.2. The summed E-state index contributed by atoms with van der Waals surface area (Å²) in [6, 6.07) is 9.57. The second kappa shape index (κ2) is 10.2. The summed E-state index contributed by atoms with van der Waals surface area (Å²) in [5, 5.41) is 9.83. The van der Waals surface area contributed by atoms with E-state index in [1.54, 1.807) is 6.07 Å². The second-order valence-corrected chi connectivity index (χ2v) is 12.6. The summed E-state index contributed by atoms with van der Waals surface area (Å²) in [6.07, 6.45) is -3.36. The van der Waals surface area contributed by atoms with Crippen LogP contribution in [-0.2, 0) is 33.5 Å². The number of carbonyl (C=O) groups is 2. The molecule has 3 unspecified atom stereocenters. The molecule has 1 aliphatic heterocycles. The Labute approximate surface area is 240 Å². The molecule has 3 atom stereocenters. The summed E-state index contributed by atoms with van der Waals surface area (Å²) in [5.74, 6) is -2.14. The molecule has 4 nitrogen and oxygen atoms in total. The van der Waals surface area contributed by atoms with Crippen LogP contribution in [0.3, 0.4) is 0 Å². The maximum Gasteiger partial charge on any atom is 0.426 e. The molecule has 2 fully saturated rings. The number of aliphatic carboxylic acids is 1. The van der Waals surface area contributed by atoms with Gasteiger partial charge in [-0.25, -0.2) is 13.6 Å². The summed E-state index contributed by atoms with van der Waals surface area (Å²) in [5.41, 5.74) is -3.64. The molecule has 2 aromatic rings. The molecular weight excluding hydrogens is 565 g/mol. The van der Waals surface area contributed by atoms with Gasteiger partial charge in [-0.05, 0) is 99.1 Å². The highest BCUT2D eigenvalue weighted by molar-refractivity contribution is 6.31. The number of fused-ring (bicyclic) bond motifs is 3. The van der Waals surface area contributed by atoms with Gasteiger partial charge in [-0.1, -0.05) is 41.9 Å². The van der Waals surface area contributed by atoms with E-state index >= 15 is 0 Å². The number of carboxylic acid groups (broad SMARTS) is 1. The number of hydrogen-bond donors (Lipinski definition) is 1. The summed E-state index contributed by atoms with van der Waals surface area (Å²) in [6.45, 7) is 2.82. The van der Waals surface area contributed by atoms with E-state index < -0.39 is 40.4 Å².